The summed E-state index contributed by atoms with van der Waals surface area (Å²) >= 11 is 0. The second-order valence-electron chi connectivity index (χ2n) is 6.93. The normalized spacial score (nSPS) is 10.9. The topological polar surface area (TPSA) is 79.9 Å². The average molecular weight is 420 g/mol. The molecule has 4 rings (SSSR count). The summed E-state index contributed by atoms with van der Waals surface area (Å²) in [4.78, 5) is 12.8. The number of hydrogen-bond donors (Lipinski definition) is 1. The zero-order valence-electron chi connectivity index (χ0n) is 17.4. The van der Waals surface area contributed by atoms with Gasteiger partial charge in [0.05, 0.1) is 18.5 Å². The SMILES string of the molecule is COc1ccc(NC(=O)/C(C#N)=C\c2cn(-c3ccccc3)nc2-c2ccccc2)cc1. The van der Waals surface area contributed by atoms with E-state index in [9.17, 15) is 10.1 Å². The summed E-state index contributed by atoms with van der Waals surface area (Å²) < 4.78 is 6.87. The largest absolute Gasteiger partial charge is 0.497 e. The minimum absolute atomic E-state index is 0.0226. The van der Waals surface area contributed by atoms with E-state index in [0.717, 1.165) is 11.3 Å². The number of carbonyl (C=O) groups excluding carboxylic acids is 1. The third-order valence-electron chi connectivity index (χ3n) is 4.82. The van der Waals surface area contributed by atoms with Gasteiger partial charge in [-0.15, -0.1) is 0 Å². The molecule has 1 aromatic heterocycles. The maximum atomic E-state index is 12.8. The van der Waals surface area contributed by atoms with E-state index in [2.05, 4.69) is 5.32 Å². The maximum absolute atomic E-state index is 12.8. The zero-order chi connectivity index (χ0) is 22.3. The van der Waals surface area contributed by atoms with E-state index >= 15 is 0 Å². The summed E-state index contributed by atoms with van der Waals surface area (Å²) in [6.07, 6.45) is 3.38. The molecule has 0 atom stereocenters. The average Bonchev–Trinajstić information content (AvgIpc) is 3.28. The Morgan fingerprint density at radius 1 is 1.00 bits per heavy atom. The van der Waals surface area contributed by atoms with Crippen LogP contribution in [0.25, 0.3) is 23.0 Å². The third kappa shape index (κ3) is 4.58. The lowest BCUT2D eigenvalue weighted by Gasteiger charge is -2.05. The Morgan fingerprint density at radius 3 is 2.28 bits per heavy atom. The Morgan fingerprint density at radius 2 is 1.66 bits per heavy atom. The van der Waals surface area contributed by atoms with Gasteiger partial charge >= 0.3 is 0 Å². The molecule has 0 spiro atoms. The number of nitrogens with zero attached hydrogens (tertiary/aromatic N) is 3. The first-order valence-corrected chi connectivity index (χ1v) is 9.95. The van der Waals surface area contributed by atoms with Gasteiger partial charge in [-0.05, 0) is 42.5 Å². The van der Waals surface area contributed by atoms with Crippen molar-refractivity contribution in [3.8, 4) is 28.8 Å². The van der Waals surface area contributed by atoms with Gasteiger partial charge in [-0.1, -0.05) is 48.5 Å². The molecule has 0 fully saturated rings. The van der Waals surface area contributed by atoms with Crippen LogP contribution in [0.5, 0.6) is 5.75 Å². The number of ether oxygens (including phenoxy) is 1. The van der Waals surface area contributed by atoms with Gasteiger partial charge in [-0.2, -0.15) is 10.4 Å². The first-order valence-electron chi connectivity index (χ1n) is 9.95. The minimum atomic E-state index is -0.496. The number of para-hydroxylation sites is 1. The Kier molecular flexibility index (Phi) is 6.10. The van der Waals surface area contributed by atoms with Crippen molar-refractivity contribution < 1.29 is 9.53 Å². The van der Waals surface area contributed by atoms with Gasteiger partial charge in [-0.3, -0.25) is 4.79 Å². The summed E-state index contributed by atoms with van der Waals surface area (Å²) in [6, 6.07) is 28.3. The molecule has 4 aromatic rings. The molecule has 156 valence electrons. The van der Waals surface area contributed by atoms with E-state index in [1.165, 1.54) is 0 Å². The number of amides is 1. The van der Waals surface area contributed by atoms with E-state index in [1.807, 2.05) is 72.9 Å². The Labute approximate surface area is 186 Å². The number of benzene rings is 3. The molecule has 6 heteroatoms. The maximum Gasteiger partial charge on any atom is 0.266 e. The van der Waals surface area contributed by atoms with Crippen molar-refractivity contribution >= 4 is 17.7 Å². The quantitative estimate of drug-likeness (QED) is 0.348. The molecule has 0 aliphatic carbocycles. The number of nitrogens with one attached hydrogen (secondary N) is 1. The van der Waals surface area contributed by atoms with Crippen LogP contribution in [0, 0.1) is 11.3 Å². The number of carbonyl (C=O) groups is 1. The second-order valence-corrected chi connectivity index (χ2v) is 6.93. The number of nitriles is 1. The van der Waals surface area contributed by atoms with E-state index in [4.69, 9.17) is 9.84 Å². The summed E-state index contributed by atoms with van der Waals surface area (Å²) in [5.41, 5.74) is 3.67. The molecule has 1 amide bonds. The van der Waals surface area contributed by atoms with Crippen LogP contribution < -0.4 is 10.1 Å². The molecular weight excluding hydrogens is 400 g/mol. The lowest BCUT2D eigenvalue weighted by molar-refractivity contribution is -0.112. The molecule has 0 unspecified atom stereocenters. The van der Waals surface area contributed by atoms with Crippen LogP contribution >= 0.6 is 0 Å². The molecule has 0 bridgehead atoms. The highest BCUT2D eigenvalue weighted by Crippen LogP contribution is 2.26. The van der Waals surface area contributed by atoms with E-state index in [1.54, 1.807) is 42.1 Å². The molecule has 32 heavy (non-hydrogen) atoms. The van der Waals surface area contributed by atoms with Crippen molar-refractivity contribution in [3.63, 3.8) is 0 Å². The standard InChI is InChI=1S/C26H20N4O2/c1-32-24-14-12-22(13-15-24)28-26(31)20(17-27)16-21-18-30(23-10-6-3-7-11-23)29-25(21)19-8-4-2-5-9-19/h2-16,18H,1H3,(H,28,31)/b20-16-. The fraction of sp³-hybridized carbons (Fsp3) is 0.0385. The number of rotatable bonds is 6. The van der Waals surface area contributed by atoms with E-state index in [-0.39, 0.29) is 5.57 Å². The minimum Gasteiger partial charge on any atom is -0.497 e. The fourth-order valence-corrected chi connectivity index (χ4v) is 3.20. The predicted octanol–water partition coefficient (Wildman–Crippen LogP) is 5.09. The molecule has 0 aliphatic heterocycles. The Hall–Kier alpha value is -4.63. The molecule has 0 saturated heterocycles. The second kappa shape index (κ2) is 9.45. The predicted molar refractivity (Wildman–Crippen MR) is 124 cm³/mol. The zero-order valence-corrected chi connectivity index (χ0v) is 17.4. The summed E-state index contributed by atoms with van der Waals surface area (Å²) in [5, 5.41) is 17.1. The molecule has 1 heterocycles. The number of hydrogen-bond acceptors (Lipinski definition) is 4. The van der Waals surface area contributed by atoms with Crippen LogP contribution in [0.4, 0.5) is 5.69 Å². The molecular formula is C26H20N4O2. The monoisotopic (exact) mass is 420 g/mol. The van der Waals surface area contributed by atoms with Gasteiger partial charge in [0.15, 0.2) is 0 Å². The summed E-state index contributed by atoms with van der Waals surface area (Å²) in [7, 11) is 1.57. The van der Waals surface area contributed by atoms with Gasteiger partial charge in [0.2, 0.25) is 0 Å². The van der Waals surface area contributed by atoms with Gasteiger partial charge in [0.1, 0.15) is 17.4 Å². The highest BCUT2D eigenvalue weighted by atomic mass is 16.5. The summed E-state index contributed by atoms with van der Waals surface area (Å²) in [5.74, 6) is 0.184. The first-order chi connectivity index (χ1) is 15.7. The van der Waals surface area contributed by atoms with Crippen LogP contribution in [0.2, 0.25) is 0 Å². The van der Waals surface area contributed by atoms with Crippen molar-refractivity contribution in [2.24, 2.45) is 0 Å². The van der Waals surface area contributed by atoms with Gasteiger partial charge in [0.25, 0.3) is 5.91 Å². The molecule has 0 saturated carbocycles. The number of aromatic nitrogens is 2. The molecule has 3 aromatic carbocycles. The summed E-state index contributed by atoms with van der Waals surface area (Å²) in [6.45, 7) is 0. The van der Waals surface area contributed by atoms with E-state index < -0.39 is 5.91 Å². The highest BCUT2D eigenvalue weighted by Gasteiger charge is 2.15. The Bertz CT molecular complexity index is 1290. The van der Waals surface area contributed by atoms with Crippen LogP contribution in [-0.4, -0.2) is 22.8 Å². The van der Waals surface area contributed by atoms with Crippen LogP contribution in [0.3, 0.4) is 0 Å². The number of methoxy groups -OCH3 is 1. The van der Waals surface area contributed by atoms with Crippen LogP contribution in [0.1, 0.15) is 5.56 Å². The van der Waals surface area contributed by atoms with Crippen LogP contribution in [-0.2, 0) is 4.79 Å². The molecule has 0 radical (unpaired) electrons. The van der Waals surface area contributed by atoms with Crippen molar-refractivity contribution in [1.29, 1.82) is 5.26 Å². The lowest BCUT2D eigenvalue weighted by Crippen LogP contribution is -2.13. The van der Waals surface area contributed by atoms with Gasteiger partial charge in [-0.25, -0.2) is 4.68 Å². The van der Waals surface area contributed by atoms with Crippen molar-refractivity contribution in [2.75, 3.05) is 12.4 Å². The van der Waals surface area contributed by atoms with Crippen molar-refractivity contribution in [3.05, 3.63) is 102 Å². The fourth-order valence-electron chi connectivity index (χ4n) is 3.20. The third-order valence-corrected chi connectivity index (χ3v) is 4.82. The molecule has 1 N–H and O–H groups in total. The highest BCUT2D eigenvalue weighted by molar-refractivity contribution is 6.10. The van der Waals surface area contributed by atoms with Crippen molar-refractivity contribution in [2.45, 2.75) is 0 Å². The van der Waals surface area contributed by atoms with Gasteiger partial charge in [0, 0.05) is 23.0 Å². The van der Waals surface area contributed by atoms with Gasteiger partial charge < -0.3 is 10.1 Å². The first kappa shape index (κ1) is 20.6. The molecule has 6 nitrogen and oxygen atoms in total. The van der Waals surface area contributed by atoms with Crippen LogP contribution in [0.15, 0.2) is 96.7 Å². The smallest absolute Gasteiger partial charge is 0.266 e. The lowest BCUT2D eigenvalue weighted by atomic mass is 10.1. The van der Waals surface area contributed by atoms with E-state index in [0.29, 0.717) is 22.7 Å². The molecule has 0 aliphatic rings. The van der Waals surface area contributed by atoms with Crippen molar-refractivity contribution in [1.82, 2.24) is 9.78 Å². The Balaban J connectivity index is 1.70. The number of anilines is 1.